The maximum atomic E-state index is 13.2. The molecule has 0 heterocycles. The number of hydrogen-bond donors (Lipinski definition) is 2. The standard InChI is InChI=1S/C19H16ClFN2O4/c1-22-19(26)23-18(25)17(13-5-3-2-4-6-13)27-16(24)10-8-12-7-9-15(21)14(20)11-12/h2-11,17H,1H3,(H2,22,23,25,26)/b10-8+/t17-/m1/s1. The number of hydrogen-bond acceptors (Lipinski definition) is 4. The van der Waals surface area contributed by atoms with Crippen LogP contribution < -0.4 is 10.6 Å². The first-order chi connectivity index (χ1) is 12.9. The quantitative estimate of drug-likeness (QED) is 0.606. The van der Waals surface area contributed by atoms with Gasteiger partial charge in [0.1, 0.15) is 5.82 Å². The predicted octanol–water partition coefficient (Wildman–Crippen LogP) is 3.23. The van der Waals surface area contributed by atoms with Gasteiger partial charge in [0.15, 0.2) is 0 Å². The second-order valence-corrected chi connectivity index (χ2v) is 5.71. The molecule has 0 saturated heterocycles. The van der Waals surface area contributed by atoms with E-state index in [1.165, 1.54) is 25.3 Å². The summed E-state index contributed by atoms with van der Waals surface area (Å²) >= 11 is 5.68. The summed E-state index contributed by atoms with van der Waals surface area (Å²) in [7, 11) is 1.35. The Morgan fingerprint density at radius 2 is 1.85 bits per heavy atom. The molecule has 140 valence electrons. The van der Waals surface area contributed by atoms with Gasteiger partial charge in [-0.1, -0.05) is 48.0 Å². The molecule has 1 atom stereocenters. The van der Waals surface area contributed by atoms with Crippen molar-refractivity contribution < 1.29 is 23.5 Å². The number of carbonyl (C=O) groups is 3. The van der Waals surface area contributed by atoms with Crippen LogP contribution in [-0.4, -0.2) is 25.0 Å². The Hall–Kier alpha value is -3.19. The van der Waals surface area contributed by atoms with Crippen molar-refractivity contribution >= 4 is 35.6 Å². The molecule has 0 fully saturated rings. The smallest absolute Gasteiger partial charge is 0.331 e. The summed E-state index contributed by atoms with van der Waals surface area (Å²) in [5, 5.41) is 4.23. The molecule has 0 aliphatic rings. The van der Waals surface area contributed by atoms with E-state index in [0.717, 1.165) is 12.1 Å². The maximum Gasteiger partial charge on any atom is 0.331 e. The van der Waals surface area contributed by atoms with Crippen molar-refractivity contribution in [3.8, 4) is 0 Å². The summed E-state index contributed by atoms with van der Waals surface area (Å²) in [6.45, 7) is 0. The SMILES string of the molecule is CNC(=O)NC(=O)[C@H](OC(=O)/C=C/c1ccc(F)c(Cl)c1)c1ccccc1. The van der Waals surface area contributed by atoms with Crippen molar-refractivity contribution in [1.82, 2.24) is 10.6 Å². The van der Waals surface area contributed by atoms with Crippen molar-refractivity contribution in [3.05, 3.63) is 76.6 Å². The molecular weight excluding hydrogens is 375 g/mol. The Kier molecular flexibility index (Phi) is 7.08. The first-order valence-electron chi connectivity index (χ1n) is 7.82. The molecule has 2 N–H and O–H groups in total. The molecular formula is C19H16ClFN2O4. The van der Waals surface area contributed by atoms with Crippen LogP contribution >= 0.6 is 11.6 Å². The van der Waals surface area contributed by atoms with Gasteiger partial charge in [-0.2, -0.15) is 0 Å². The average molecular weight is 391 g/mol. The van der Waals surface area contributed by atoms with E-state index >= 15 is 0 Å². The molecule has 8 heteroatoms. The minimum atomic E-state index is -1.32. The number of ether oxygens (including phenoxy) is 1. The molecule has 0 saturated carbocycles. The van der Waals surface area contributed by atoms with Crippen molar-refractivity contribution in [1.29, 1.82) is 0 Å². The van der Waals surface area contributed by atoms with Gasteiger partial charge in [0.2, 0.25) is 6.10 Å². The van der Waals surface area contributed by atoms with Crippen molar-refractivity contribution in [2.24, 2.45) is 0 Å². The molecule has 0 aliphatic heterocycles. The van der Waals surface area contributed by atoms with Gasteiger partial charge in [-0.05, 0) is 23.8 Å². The van der Waals surface area contributed by atoms with Crippen LogP contribution in [0, 0.1) is 5.82 Å². The van der Waals surface area contributed by atoms with Crippen LogP contribution in [0.1, 0.15) is 17.2 Å². The first kappa shape index (κ1) is 20.1. The summed E-state index contributed by atoms with van der Waals surface area (Å²) < 4.78 is 18.3. The molecule has 3 amide bonds. The lowest BCUT2D eigenvalue weighted by atomic mass is 10.1. The molecule has 2 aromatic carbocycles. The fourth-order valence-corrected chi connectivity index (χ4v) is 2.27. The van der Waals surface area contributed by atoms with Crippen molar-refractivity contribution in [2.75, 3.05) is 7.05 Å². The average Bonchev–Trinajstić information content (AvgIpc) is 2.67. The Bertz CT molecular complexity index is 871. The van der Waals surface area contributed by atoms with E-state index < -0.39 is 29.8 Å². The molecule has 0 unspecified atom stereocenters. The monoisotopic (exact) mass is 390 g/mol. The van der Waals surface area contributed by atoms with Gasteiger partial charge in [0.05, 0.1) is 5.02 Å². The normalized spacial score (nSPS) is 11.7. The molecule has 2 aromatic rings. The van der Waals surface area contributed by atoms with Crippen LogP contribution in [0.3, 0.4) is 0 Å². The largest absolute Gasteiger partial charge is 0.444 e. The molecule has 27 heavy (non-hydrogen) atoms. The highest BCUT2D eigenvalue weighted by Crippen LogP contribution is 2.19. The number of esters is 1. The zero-order valence-electron chi connectivity index (χ0n) is 14.2. The van der Waals surface area contributed by atoms with E-state index in [1.54, 1.807) is 30.3 Å². The number of amides is 3. The summed E-state index contributed by atoms with van der Waals surface area (Å²) in [6, 6.07) is 11.4. The number of urea groups is 1. The summed E-state index contributed by atoms with van der Waals surface area (Å²) in [6.07, 6.45) is 1.12. The predicted molar refractivity (Wildman–Crippen MR) is 98.3 cm³/mol. The summed E-state index contributed by atoms with van der Waals surface area (Å²) in [4.78, 5) is 35.8. The highest BCUT2D eigenvalue weighted by molar-refractivity contribution is 6.30. The summed E-state index contributed by atoms with van der Waals surface area (Å²) in [5.74, 6) is -2.20. The van der Waals surface area contributed by atoms with Crippen molar-refractivity contribution in [3.63, 3.8) is 0 Å². The van der Waals surface area contributed by atoms with Gasteiger partial charge >= 0.3 is 12.0 Å². The number of halogens is 2. The second kappa shape index (κ2) is 9.49. The zero-order chi connectivity index (χ0) is 19.8. The fraction of sp³-hybridized carbons (Fsp3) is 0.105. The van der Waals surface area contributed by atoms with E-state index in [1.807, 2.05) is 0 Å². The molecule has 6 nitrogen and oxygen atoms in total. The van der Waals surface area contributed by atoms with Crippen LogP contribution in [0.2, 0.25) is 5.02 Å². The molecule has 0 bridgehead atoms. The summed E-state index contributed by atoms with van der Waals surface area (Å²) in [5.41, 5.74) is 0.870. The third-order valence-electron chi connectivity index (χ3n) is 3.39. The number of rotatable bonds is 5. The Labute approximate surface area is 160 Å². The Morgan fingerprint density at radius 3 is 2.48 bits per heavy atom. The van der Waals surface area contributed by atoms with Crippen LogP contribution in [0.4, 0.5) is 9.18 Å². The van der Waals surface area contributed by atoms with E-state index in [4.69, 9.17) is 16.3 Å². The van der Waals surface area contributed by atoms with Gasteiger partial charge in [0, 0.05) is 18.7 Å². The number of nitrogens with one attached hydrogen (secondary N) is 2. The van der Waals surface area contributed by atoms with Gasteiger partial charge in [-0.25, -0.2) is 14.0 Å². The Morgan fingerprint density at radius 1 is 1.15 bits per heavy atom. The van der Waals surface area contributed by atoms with E-state index in [-0.39, 0.29) is 5.02 Å². The van der Waals surface area contributed by atoms with E-state index in [0.29, 0.717) is 11.1 Å². The molecule has 0 aliphatic carbocycles. The minimum absolute atomic E-state index is 0.0855. The van der Waals surface area contributed by atoms with Gasteiger partial charge in [-0.3, -0.25) is 10.1 Å². The lowest BCUT2D eigenvalue weighted by Gasteiger charge is -2.16. The molecule has 2 rings (SSSR count). The van der Waals surface area contributed by atoms with Crippen LogP contribution in [0.25, 0.3) is 6.08 Å². The number of benzene rings is 2. The van der Waals surface area contributed by atoms with Gasteiger partial charge < -0.3 is 10.1 Å². The van der Waals surface area contributed by atoms with Gasteiger partial charge in [-0.15, -0.1) is 0 Å². The fourth-order valence-electron chi connectivity index (χ4n) is 2.08. The second-order valence-electron chi connectivity index (χ2n) is 5.30. The minimum Gasteiger partial charge on any atom is -0.444 e. The molecule has 0 aromatic heterocycles. The first-order valence-corrected chi connectivity index (χ1v) is 8.19. The third-order valence-corrected chi connectivity index (χ3v) is 3.68. The van der Waals surface area contributed by atoms with Crippen LogP contribution in [-0.2, 0) is 14.3 Å². The third kappa shape index (κ3) is 5.93. The zero-order valence-corrected chi connectivity index (χ0v) is 15.0. The molecule has 0 radical (unpaired) electrons. The number of imide groups is 1. The van der Waals surface area contributed by atoms with Crippen LogP contribution in [0.15, 0.2) is 54.6 Å². The topological polar surface area (TPSA) is 84.5 Å². The number of carbonyl (C=O) groups excluding carboxylic acids is 3. The van der Waals surface area contributed by atoms with E-state index in [2.05, 4.69) is 10.6 Å². The van der Waals surface area contributed by atoms with E-state index in [9.17, 15) is 18.8 Å². The maximum absolute atomic E-state index is 13.2. The lowest BCUT2D eigenvalue weighted by molar-refractivity contribution is -0.151. The highest BCUT2D eigenvalue weighted by Gasteiger charge is 2.25. The van der Waals surface area contributed by atoms with Crippen LogP contribution in [0.5, 0.6) is 0 Å². The molecule has 0 spiro atoms. The van der Waals surface area contributed by atoms with Gasteiger partial charge in [0.25, 0.3) is 5.91 Å². The lowest BCUT2D eigenvalue weighted by Crippen LogP contribution is -2.41. The highest BCUT2D eigenvalue weighted by atomic mass is 35.5. The van der Waals surface area contributed by atoms with Crippen molar-refractivity contribution in [2.45, 2.75) is 6.10 Å². The Balaban J connectivity index is 2.15.